The molecule has 1 N–H and O–H groups in total. The summed E-state index contributed by atoms with van der Waals surface area (Å²) in [5, 5.41) is 10.0. The van der Waals surface area contributed by atoms with Crippen molar-refractivity contribution in [2.45, 2.75) is 20.4 Å². The third-order valence-corrected chi connectivity index (χ3v) is 5.67. The predicted molar refractivity (Wildman–Crippen MR) is 126 cm³/mol. The summed E-state index contributed by atoms with van der Waals surface area (Å²) in [5.74, 6) is -3.05. The van der Waals surface area contributed by atoms with Crippen molar-refractivity contribution in [1.82, 2.24) is 5.06 Å². The fourth-order valence-corrected chi connectivity index (χ4v) is 4.20. The van der Waals surface area contributed by atoms with Crippen LogP contribution in [0.1, 0.15) is 60.8 Å². The van der Waals surface area contributed by atoms with Gasteiger partial charge in [-0.25, -0.2) is 19.6 Å². The first-order valence-corrected chi connectivity index (χ1v) is 11.1. The summed E-state index contributed by atoms with van der Waals surface area (Å²) in [6.45, 7) is 3.06. The molecule has 184 valence electrons. The molecule has 0 atom stereocenters. The van der Waals surface area contributed by atoms with Gasteiger partial charge in [-0.15, -0.1) is 0 Å². The fourth-order valence-electron chi connectivity index (χ4n) is 4.20. The zero-order valence-electron chi connectivity index (χ0n) is 19.5. The molecule has 3 aliphatic rings. The van der Waals surface area contributed by atoms with Crippen molar-refractivity contribution in [2.75, 3.05) is 18.1 Å². The van der Waals surface area contributed by atoms with Gasteiger partial charge in [0.15, 0.2) is 0 Å². The summed E-state index contributed by atoms with van der Waals surface area (Å²) < 4.78 is 10.5. The molecule has 3 amide bonds. The number of rotatable bonds is 8. The summed E-state index contributed by atoms with van der Waals surface area (Å²) in [6, 6.07) is 12.3. The van der Waals surface area contributed by atoms with Gasteiger partial charge in [-0.05, 0) is 42.7 Å². The monoisotopic (exact) mass is 490 g/mol. The second-order valence-electron chi connectivity index (χ2n) is 7.80. The van der Waals surface area contributed by atoms with Crippen molar-refractivity contribution in [3.05, 3.63) is 76.3 Å². The molecule has 0 fully saturated rings. The third-order valence-electron chi connectivity index (χ3n) is 5.67. The average Bonchev–Trinajstić information content (AvgIpc) is 3.22. The molecule has 10 nitrogen and oxygen atoms in total. The molecule has 0 saturated heterocycles. The number of carbonyl (C=O) groups is 5. The maximum atomic E-state index is 13.4. The van der Waals surface area contributed by atoms with E-state index in [1.54, 1.807) is 38.1 Å². The lowest BCUT2D eigenvalue weighted by atomic mass is 10.1. The van der Waals surface area contributed by atoms with Crippen LogP contribution in [-0.4, -0.2) is 53.6 Å². The van der Waals surface area contributed by atoms with Gasteiger partial charge in [0.2, 0.25) is 6.41 Å². The highest BCUT2D eigenvalue weighted by molar-refractivity contribution is 6.37. The van der Waals surface area contributed by atoms with Crippen molar-refractivity contribution in [1.29, 1.82) is 0 Å². The lowest BCUT2D eigenvalue weighted by Crippen LogP contribution is -2.32. The molecule has 0 aromatic heterocycles. The van der Waals surface area contributed by atoms with Gasteiger partial charge in [-0.3, -0.25) is 19.6 Å². The van der Waals surface area contributed by atoms with E-state index >= 15 is 0 Å². The number of ether oxygens (including phenoxy) is 2. The Labute approximate surface area is 205 Å². The van der Waals surface area contributed by atoms with Crippen LogP contribution in [0.4, 0.5) is 5.69 Å². The van der Waals surface area contributed by atoms with E-state index in [-0.39, 0.29) is 65.2 Å². The summed E-state index contributed by atoms with van der Waals surface area (Å²) in [7, 11) is 0. The highest BCUT2D eigenvalue weighted by atomic mass is 16.5. The van der Waals surface area contributed by atoms with Crippen LogP contribution in [0.2, 0.25) is 0 Å². The second kappa shape index (κ2) is 9.96. The minimum Gasteiger partial charge on any atom is -0.462 e. The number of hydroxylamine groups is 2. The Morgan fingerprint density at radius 3 is 1.72 bits per heavy atom. The van der Waals surface area contributed by atoms with Crippen molar-refractivity contribution in [3.8, 4) is 11.1 Å². The number of hydrogen-bond acceptors (Lipinski definition) is 8. The van der Waals surface area contributed by atoms with E-state index in [4.69, 9.17) is 9.47 Å². The predicted octanol–water partition coefficient (Wildman–Crippen LogP) is 3.29. The molecule has 36 heavy (non-hydrogen) atoms. The molecule has 0 radical (unpaired) electrons. The molecule has 0 saturated carbocycles. The van der Waals surface area contributed by atoms with Crippen molar-refractivity contribution >= 4 is 35.9 Å². The first kappa shape index (κ1) is 24.6. The number of esters is 2. The molecule has 0 spiro atoms. The Morgan fingerprint density at radius 2 is 1.31 bits per heavy atom. The van der Waals surface area contributed by atoms with E-state index in [0.29, 0.717) is 10.6 Å². The molecule has 4 rings (SSSR count). The Hall–Kier alpha value is -4.57. The lowest BCUT2D eigenvalue weighted by Gasteiger charge is -2.17. The third kappa shape index (κ3) is 4.07. The van der Waals surface area contributed by atoms with Gasteiger partial charge in [0.05, 0.1) is 47.7 Å². The van der Waals surface area contributed by atoms with Crippen LogP contribution < -0.4 is 4.90 Å². The number of carbonyl (C=O) groups excluding carboxylic acids is 5. The molecule has 0 unspecified atom stereocenters. The van der Waals surface area contributed by atoms with Crippen LogP contribution in [0.5, 0.6) is 0 Å². The minimum atomic E-state index is -0.839. The van der Waals surface area contributed by atoms with E-state index in [1.807, 2.05) is 0 Å². The summed E-state index contributed by atoms with van der Waals surface area (Å²) in [4.78, 5) is 64.8. The number of benzene rings is 1. The normalized spacial score (nSPS) is 12.5. The molecular weight excluding hydrogens is 468 g/mol. The quantitative estimate of drug-likeness (QED) is 0.167. The van der Waals surface area contributed by atoms with E-state index in [1.165, 1.54) is 24.3 Å². The van der Waals surface area contributed by atoms with Gasteiger partial charge >= 0.3 is 11.9 Å². The van der Waals surface area contributed by atoms with Gasteiger partial charge in [-0.2, -0.15) is 0 Å². The Bertz CT molecular complexity index is 1280. The fraction of sp³-hybridized carbons (Fsp3) is 0.192. The van der Waals surface area contributed by atoms with Crippen LogP contribution >= 0.6 is 0 Å². The lowest BCUT2D eigenvalue weighted by molar-refractivity contribution is -0.152. The summed E-state index contributed by atoms with van der Waals surface area (Å²) in [5.41, 5.74) is 0.704. The van der Waals surface area contributed by atoms with E-state index in [9.17, 15) is 29.2 Å². The molecule has 10 heteroatoms. The van der Waals surface area contributed by atoms with Crippen LogP contribution in [0.15, 0.2) is 48.5 Å². The molecule has 0 bridgehead atoms. The first-order valence-electron chi connectivity index (χ1n) is 11.1. The largest absolute Gasteiger partial charge is 0.462 e. The number of anilines is 1. The highest BCUT2D eigenvalue weighted by Gasteiger charge is 2.44. The van der Waals surface area contributed by atoms with Gasteiger partial charge in [0.1, 0.15) is 0 Å². The van der Waals surface area contributed by atoms with Crippen LogP contribution in [0, 0.1) is 0 Å². The van der Waals surface area contributed by atoms with Crippen molar-refractivity contribution in [3.63, 3.8) is 0 Å². The molecule has 1 heterocycles. The number of hydrogen-bond donors (Lipinski definition) is 1. The summed E-state index contributed by atoms with van der Waals surface area (Å²) in [6.07, 6.45) is 0.237. The maximum absolute atomic E-state index is 13.4. The van der Waals surface area contributed by atoms with Gasteiger partial charge in [-0.1, -0.05) is 36.4 Å². The van der Waals surface area contributed by atoms with Crippen LogP contribution in [0.3, 0.4) is 0 Å². The Morgan fingerprint density at radius 1 is 0.833 bits per heavy atom. The topological polar surface area (TPSA) is 131 Å². The number of fused-ring (bicyclic) bond motifs is 2. The first-order chi connectivity index (χ1) is 17.3. The number of amides is 3. The minimum absolute atomic E-state index is 0.00478. The standard InChI is InChI=1S/C26H22N2O8/c1-3-35-25(32)20-16-11-9-15(13-27(34)14-29)10-12-17(16)21(26(33)36-4-2)22(20)28-23(30)18-7-5-6-8-19(18)24(28)31/h5-12,14,34H,3-4,13H2,1-2H3. The van der Waals surface area contributed by atoms with Crippen molar-refractivity contribution < 1.29 is 38.7 Å². The van der Waals surface area contributed by atoms with Crippen molar-refractivity contribution in [2.24, 2.45) is 0 Å². The molecule has 2 aliphatic carbocycles. The smallest absolute Gasteiger partial charge is 0.340 e. The number of nitrogens with zero attached hydrogens (tertiary/aromatic N) is 2. The van der Waals surface area contributed by atoms with Gasteiger partial charge in [0, 0.05) is 0 Å². The maximum Gasteiger partial charge on any atom is 0.340 e. The van der Waals surface area contributed by atoms with Gasteiger partial charge in [0.25, 0.3) is 11.8 Å². The molecular formula is C26H22N2O8. The SMILES string of the molecule is CCOC(=O)c1c2ccc(CN(O)C=O)ccc-2c(C(=O)OCC)c1N1C(=O)c2ccccc2C1=O. The number of imide groups is 1. The molecule has 1 aliphatic heterocycles. The van der Waals surface area contributed by atoms with Gasteiger partial charge < -0.3 is 9.47 Å². The highest BCUT2D eigenvalue weighted by Crippen LogP contribution is 2.45. The van der Waals surface area contributed by atoms with Crippen LogP contribution in [-0.2, 0) is 20.8 Å². The Balaban J connectivity index is 2.04. The zero-order chi connectivity index (χ0) is 26.0. The van der Waals surface area contributed by atoms with Crippen LogP contribution in [0.25, 0.3) is 11.1 Å². The van der Waals surface area contributed by atoms with E-state index in [0.717, 1.165) is 4.90 Å². The Kier molecular flexibility index (Phi) is 6.80. The molecule has 1 aromatic rings. The molecule has 1 aromatic carbocycles. The van der Waals surface area contributed by atoms with E-state index in [2.05, 4.69) is 0 Å². The van der Waals surface area contributed by atoms with E-state index < -0.39 is 23.8 Å². The zero-order valence-corrected chi connectivity index (χ0v) is 19.5. The summed E-state index contributed by atoms with van der Waals surface area (Å²) >= 11 is 0. The average molecular weight is 490 g/mol. The second-order valence-corrected chi connectivity index (χ2v) is 7.80.